The highest BCUT2D eigenvalue weighted by Crippen LogP contribution is 2.45. The van der Waals surface area contributed by atoms with Crippen LogP contribution in [0.3, 0.4) is 0 Å². The van der Waals surface area contributed by atoms with Gasteiger partial charge in [0.15, 0.2) is 0 Å². The summed E-state index contributed by atoms with van der Waals surface area (Å²) in [7, 11) is 0. The van der Waals surface area contributed by atoms with Crippen LogP contribution in [0.25, 0.3) is 0 Å². The highest BCUT2D eigenvalue weighted by atomic mass is 16.5. The third-order valence-electron chi connectivity index (χ3n) is 2.94. The molecule has 1 aliphatic carbocycles. The van der Waals surface area contributed by atoms with Crippen molar-refractivity contribution in [2.45, 2.75) is 31.5 Å². The summed E-state index contributed by atoms with van der Waals surface area (Å²) >= 11 is 0. The first-order chi connectivity index (χ1) is 6.27. The Morgan fingerprint density at radius 3 is 3.00 bits per heavy atom. The smallest absolute Gasteiger partial charge is 0.248 e. The SMILES string of the molecule is O=c1ccc2c([nH]1)CC1(CC1)OC2. The van der Waals surface area contributed by atoms with Gasteiger partial charge < -0.3 is 9.72 Å². The van der Waals surface area contributed by atoms with Crippen molar-refractivity contribution in [1.29, 1.82) is 0 Å². The molecule has 1 aliphatic heterocycles. The number of hydrogen-bond donors (Lipinski definition) is 1. The lowest BCUT2D eigenvalue weighted by Gasteiger charge is -2.24. The van der Waals surface area contributed by atoms with Crippen molar-refractivity contribution >= 4 is 0 Å². The molecule has 0 saturated heterocycles. The average Bonchev–Trinajstić information content (AvgIpc) is 2.84. The quantitative estimate of drug-likeness (QED) is 0.641. The van der Waals surface area contributed by atoms with Gasteiger partial charge in [0, 0.05) is 18.2 Å². The maximum atomic E-state index is 11.1. The second kappa shape index (κ2) is 2.23. The van der Waals surface area contributed by atoms with Crippen LogP contribution in [0.5, 0.6) is 0 Å². The first-order valence-corrected chi connectivity index (χ1v) is 4.63. The van der Waals surface area contributed by atoms with Crippen LogP contribution < -0.4 is 5.56 Å². The van der Waals surface area contributed by atoms with E-state index in [0.29, 0.717) is 6.61 Å². The van der Waals surface area contributed by atoms with Crippen molar-refractivity contribution in [3.63, 3.8) is 0 Å². The van der Waals surface area contributed by atoms with Crippen molar-refractivity contribution in [1.82, 2.24) is 4.98 Å². The average molecular weight is 177 g/mol. The predicted octanol–water partition coefficient (Wildman–Crippen LogP) is 0.980. The first-order valence-electron chi connectivity index (χ1n) is 4.63. The summed E-state index contributed by atoms with van der Waals surface area (Å²) in [6.07, 6.45) is 3.17. The zero-order valence-electron chi connectivity index (χ0n) is 7.30. The molecule has 1 N–H and O–H groups in total. The minimum Gasteiger partial charge on any atom is -0.370 e. The van der Waals surface area contributed by atoms with E-state index in [-0.39, 0.29) is 11.2 Å². The molecular weight excluding hydrogens is 166 g/mol. The van der Waals surface area contributed by atoms with E-state index in [1.165, 1.54) is 0 Å². The van der Waals surface area contributed by atoms with Crippen LogP contribution in [0, 0.1) is 0 Å². The van der Waals surface area contributed by atoms with Crippen LogP contribution in [0.1, 0.15) is 24.1 Å². The molecule has 1 saturated carbocycles. The molecule has 3 heteroatoms. The van der Waals surface area contributed by atoms with Crippen LogP contribution >= 0.6 is 0 Å². The number of rotatable bonds is 0. The number of hydrogen-bond acceptors (Lipinski definition) is 2. The Kier molecular flexibility index (Phi) is 1.26. The standard InChI is InChI=1S/C10H11NO2/c12-9-2-1-7-6-13-10(3-4-10)5-8(7)11-9/h1-2H,3-6H2,(H,11,12). The molecule has 2 heterocycles. The summed E-state index contributed by atoms with van der Waals surface area (Å²) in [6.45, 7) is 0.659. The lowest BCUT2D eigenvalue weighted by molar-refractivity contribution is 0.00675. The van der Waals surface area contributed by atoms with Crippen molar-refractivity contribution in [3.05, 3.63) is 33.7 Å². The Bertz CT molecular complexity index is 404. The van der Waals surface area contributed by atoms with E-state index in [4.69, 9.17) is 4.74 Å². The number of fused-ring (bicyclic) bond motifs is 1. The molecule has 0 radical (unpaired) electrons. The summed E-state index contributed by atoms with van der Waals surface area (Å²) in [5.41, 5.74) is 2.31. The topological polar surface area (TPSA) is 42.1 Å². The zero-order valence-corrected chi connectivity index (χ0v) is 7.30. The Balaban J connectivity index is 2.06. The number of aromatic amines is 1. The van der Waals surface area contributed by atoms with Crippen molar-refractivity contribution in [3.8, 4) is 0 Å². The molecule has 0 aromatic carbocycles. The van der Waals surface area contributed by atoms with Gasteiger partial charge in [-0.3, -0.25) is 4.79 Å². The summed E-state index contributed by atoms with van der Waals surface area (Å²) in [4.78, 5) is 14.0. The number of aromatic nitrogens is 1. The molecule has 3 nitrogen and oxygen atoms in total. The van der Waals surface area contributed by atoms with Crippen molar-refractivity contribution < 1.29 is 4.74 Å². The Hall–Kier alpha value is -1.09. The van der Waals surface area contributed by atoms with Gasteiger partial charge in [-0.25, -0.2) is 0 Å². The van der Waals surface area contributed by atoms with E-state index in [1.54, 1.807) is 6.07 Å². The highest BCUT2D eigenvalue weighted by molar-refractivity contribution is 5.25. The first kappa shape index (κ1) is 7.33. The van der Waals surface area contributed by atoms with E-state index in [2.05, 4.69) is 4.98 Å². The molecule has 1 fully saturated rings. The van der Waals surface area contributed by atoms with E-state index < -0.39 is 0 Å². The van der Waals surface area contributed by atoms with Gasteiger partial charge in [-0.1, -0.05) is 0 Å². The van der Waals surface area contributed by atoms with Crippen molar-refractivity contribution in [2.75, 3.05) is 0 Å². The molecule has 0 amide bonds. The molecule has 68 valence electrons. The fourth-order valence-electron chi connectivity index (χ4n) is 1.91. The molecule has 2 aliphatic rings. The minimum atomic E-state index is -0.00329. The fraction of sp³-hybridized carbons (Fsp3) is 0.500. The van der Waals surface area contributed by atoms with Gasteiger partial charge in [0.25, 0.3) is 0 Å². The van der Waals surface area contributed by atoms with Gasteiger partial charge in [0.05, 0.1) is 12.2 Å². The molecular formula is C10H11NO2. The third kappa shape index (κ3) is 1.11. The van der Waals surface area contributed by atoms with Gasteiger partial charge in [-0.05, 0) is 24.5 Å². The van der Waals surface area contributed by atoms with Crippen LogP contribution in [0.2, 0.25) is 0 Å². The molecule has 1 aromatic heterocycles. The summed E-state index contributed by atoms with van der Waals surface area (Å²) < 4.78 is 5.72. The zero-order chi connectivity index (χ0) is 8.89. The van der Waals surface area contributed by atoms with E-state index in [9.17, 15) is 4.79 Å². The Morgan fingerprint density at radius 2 is 2.23 bits per heavy atom. The molecule has 0 bridgehead atoms. The van der Waals surface area contributed by atoms with Gasteiger partial charge in [0.2, 0.25) is 5.56 Å². The lowest BCUT2D eigenvalue weighted by atomic mass is 10.0. The third-order valence-corrected chi connectivity index (χ3v) is 2.94. The minimum absolute atomic E-state index is 0.00329. The number of H-pyrrole nitrogens is 1. The normalized spacial score (nSPS) is 22.8. The predicted molar refractivity (Wildman–Crippen MR) is 47.5 cm³/mol. The second-order valence-electron chi connectivity index (χ2n) is 3.97. The number of ether oxygens (including phenoxy) is 1. The van der Waals surface area contributed by atoms with Crippen LogP contribution in [0.4, 0.5) is 0 Å². The Morgan fingerprint density at radius 1 is 1.38 bits per heavy atom. The number of nitrogens with one attached hydrogen (secondary N) is 1. The van der Waals surface area contributed by atoms with Crippen LogP contribution in [0.15, 0.2) is 16.9 Å². The van der Waals surface area contributed by atoms with E-state index in [1.807, 2.05) is 6.07 Å². The molecule has 0 unspecified atom stereocenters. The molecule has 1 aromatic rings. The monoisotopic (exact) mass is 177 g/mol. The maximum absolute atomic E-state index is 11.1. The Labute approximate surface area is 75.7 Å². The lowest BCUT2D eigenvalue weighted by Crippen LogP contribution is -2.26. The van der Waals surface area contributed by atoms with Gasteiger partial charge in [-0.15, -0.1) is 0 Å². The summed E-state index contributed by atoms with van der Waals surface area (Å²) in [5, 5.41) is 0. The van der Waals surface area contributed by atoms with Crippen LogP contribution in [-0.2, 0) is 17.8 Å². The van der Waals surface area contributed by atoms with Crippen LogP contribution in [-0.4, -0.2) is 10.6 Å². The highest BCUT2D eigenvalue weighted by Gasteiger charge is 2.46. The number of pyridine rings is 1. The second-order valence-corrected chi connectivity index (χ2v) is 3.97. The summed E-state index contributed by atoms with van der Waals surface area (Å²) in [6, 6.07) is 3.43. The fourth-order valence-corrected chi connectivity index (χ4v) is 1.91. The van der Waals surface area contributed by atoms with Gasteiger partial charge >= 0.3 is 0 Å². The van der Waals surface area contributed by atoms with Crippen molar-refractivity contribution in [2.24, 2.45) is 0 Å². The largest absolute Gasteiger partial charge is 0.370 e. The van der Waals surface area contributed by atoms with E-state index in [0.717, 1.165) is 30.5 Å². The van der Waals surface area contributed by atoms with E-state index >= 15 is 0 Å². The molecule has 13 heavy (non-hydrogen) atoms. The molecule has 3 rings (SSSR count). The maximum Gasteiger partial charge on any atom is 0.248 e. The molecule has 1 spiro atoms. The summed E-state index contributed by atoms with van der Waals surface area (Å²) in [5.74, 6) is 0. The van der Waals surface area contributed by atoms with Gasteiger partial charge in [-0.2, -0.15) is 0 Å². The molecule has 0 atom stereocenters. The van der Waals surface area contributed by atoms with Gasteiger partial charge in [0.1, 0.15) is 0 Å².